The Kier molecular flexibility index (Phi) is 4.43. The van der Waals surface area contributed by atoms with Crippen LogP contribution in [0.3, 0.4) is 0 Å². The van der Waals surface area contributed by atoms with E-state index in [9.17, 15) is 9.59 Å². The van der Waals surface area contributed by atoms with Crippen LogP contribution in [0.25, 0.3) is 16.7 Å². The summed E-state index contributed by atoms with van der Waals surface area (Å²) in [5.74, 6) is -0.299. The predicted octanol–water partition coefficient (Wildman–Crippen LogP) is 3.47. The maximum atomic E-state index is 12.5. The monoisotopic (exact) mass is 375 g/mol. The van der Waals surface area contributed by atoms with Crippen molar-refractivity contribution < 1.29 is 9.59 Å². The van der Waals surface area contributed by atoms with E-state index in [1.165, 1.54) is 0 Å². The van der Waals surface area contributed by atoms with E-state index >= 15 is 0 Å². The third-order valence-corrected chi connectivity index (χ3v) is 4.81. The zero-order valence-electron chi connectivity index (χ0n) is 15.8. The zero-order chi connectivity index (χ0) is 19.8. The minimum atomic E-state index is -0.186. The molecule has 0 radical (unpaired) electrons. The third-order valence-electron chi connectivity index (χ3n) is 4.81. The fraction of sp³-hybridized carbons (Fsp3) is 0.238. The fourth-order valence-electron chi connectivity index (χ4n) is 3.39. The molecule has 7 nitrogen and oxygen atoms in total. The predicted molar refractivity (Wildman–Crippen MR) is 108 cm³/mol. The van der Waals surface area contributed by atoms with Crippen molar-refractivity contribution in [2.75, 3.05) is 11.9 Å². The van der Waals surface area contributed by atoms with Gasteiger partial charge in [-0.05, 0) is 26.0 Å². The number of hydrogen-bond acceptors (Lipinski definition) is 4. The molecule has 2 amide bonds. The van der Waals surface area contributed by atoms with Gasteiger partial charge in [0.25, 0.3) is 5.91 Å². The molecule has 1 aliphatic rings. The minimum absolute atomic E-state index is 0.113. The second-order valence-electron chi connectivity index (χ2n) is 7.07. The van der Waals surface area contributed by atoms with Crippen LogP contribution in [0.4, 0.5) is 5.69 Å². The minimum Gasteiger partial charge on any atom is -0.325 e. The number of fused-ring (bicyclic) bond motifs is 2. The van der Waals surface area contributed by atoms with Crippen molar-refractivity contribution >= 4 is 34.2 Å². The van der Waals surface area contributed by atoms with Crippen molar-refractivity contribution in [2.24, 2.45) is 0 Å². The summed E-state index contributed by atoms with van der Waals surface area (Å²) in [5, 5.41) is 8.03. The Bertz CT molecular complexity index is 1060. The van der Waals surface area contributed by atoms with Gasteiger partial charge in [-0.2, -0.15) is 5.10 Å². The molecule has 0 unspecified atom stereocenters. The van der Waals surface area contributed by atoms with Crippen LogP contribution < -0.4 is 5.32 Å². The third kappa shape index (κ3) is 3.05. The summed E-state index contributed by atoms with van der Waals surface area (Å²) >= 11 is 0. The molecule has 142 valence electrons. The van der Waals surface area contributed by atoms with Crippen molar-refractivity contribution in [2.45, 2.75) is 26.3 Å². The summed E-state index contributed by atoms with van der Waals surface area (Å²) in [6.45, 7) is 8.35. The van der Waals surface area contributed by atoms with Gasteiger partial charge in [0.15, 0.2) is 5.65 Å². The average Bonchev–Trinajstić information content (AvgIpc) is 3.20. The molecular formula is C21H21N5O2. The molecule has 0 fully saturated rings. The van der Waals surface area contributed by atoms with Gasteiger partial charge in [-0.3, -0.25) is 9.59 Å². The van der Waals surface area contributed by atoms with Crippen molar-refractivity contribution in [1.29, 1.82) is 0 Å². The van der Waals surface area contributed by atoms with Crippen LogP contribution >= 0.6 is 0 Å². The van der Waals surface area contributed by atoms with Gasteiger partial charge in [-0.1, -0.05) is 24.8 Å². The normalized spacial score (nSPS) is 13.5. The topological polar surface area (TPSA) is 80.1 Å². The molecule has 4 rings (SSSR count). The molecule has 0 saturated heterocycles. The molecular weight excluding hydrogens is 354 g/mol. The Morgan fingerprint density at radius 3 is 2.68 bits per heavy atom. The van der Waals surface area contributed by atoms with E-state index in [1.54, 1.807) is 23.4 Å². The number of carbonyl (C=O) groups excluding carboxylic acids is 2. The smallest absolute Gasteiger partial charge is 0.258 e. The summed E-state index contributed by atoms with van der Waals surface area (Å²) in [4.78, 5) is 30.8. The van der Waals surface area contributed by atoms with Crippen LogP contribution in [-0.2, 0) is 4.79 Å². The van der Waals surface area contributed by atoms with Gasteiger partial charge < -0.3 is 10.2 Å². The maximum Gasteiger partial charge on any atom is 0.258 e. The Morgan fingerprint density at radius 1 is 1.21 bits per heavy atom. The van der Waals surface area contributed by atoms with E-state index in [1.807, 2.05) is 42.8 Å². The Hall–Kier alpha value is -3.48. The van der Waals surface area contributed by atoms with Gasteiger partial charge >= 0.3 is 0 Å². The second-order valence-corrected chi connectivity index (χ2v) is 7.07. The number of hydrogen-bond donors (Lipinski definition) is 1. The molecule has 2 aromatic heterocycles. The van der Waals surface area contributed by atoms with Gasteiger partial charge in [0.2, 0.25) is 5.91 Å². The summed E-state index contributed by atoms with van der Waals surface area (Å²) in [7, 11) is 0. The van der Waals surface area contributed by atoms with Crippen molar-refractivity contribution in [1.82, 2.24) is 19.7 Å². The number of aromatic nitrogens is 3. The number of amides is 2. The molecule has 0 bridgehead atoms. The molecule has 1 N–H and O–H groups in total. The maximum absolute atomic E-state index is 12.5. The lowest BCUT2D eigenvalue weighted by Gasteiger charge is -2.17. The van der Waals surface area contributed by atoms with E-state index in [2.05, 4.69) is 22.0 Å². The highest BCUT2D eigenvalue weighted by Gasteiger charge is 2.30. The van der Waals surface area contributed by atoms with Crippen LogP contribution in [0.5, 0.6) is 0 Å². The largest absolute Gasteiger partial charge is 0.325 e. The SMILES string of the molecule is C=C1c2ccccc2C(=O)N1CCC(=O)Nc1cnc2c(cnn2C(C)C)c1. The molecule has 28 heavy (non-hydrogen) atoms. The second kappa shape index (κ2) is 6.92. The zero-order valence-corrected chi connectivity index (χ0v) is 15.8. The van der Waals surface area contributed by atoms with Crippen molar-refractivity contribution in [3.05, 3.63) is 60.4 Å². The number of nitrogens with one attached hydrogen (secondary N) is 1. The number of benzene rings is 1. The van der Waals surface area contributed by atoms with E-state index in [0.29, 0.717) is 16.9 Å². The van der Waals surface area contributed by atoms with Crippen LogP contribution in [0.1, 0.15) is 42.2 Å². The quantitative estimate of drug-likeness (QED) is 0.740. The number of pyridine rings is 1. The average molecular weight is 375 g/mol. The van der Waals surface area contributed by atoms with E-state index in [4.69, 9.17) is 0 Å². The van der Waals surface area contributed by atoms with Gasteiger partial charge in [0.1, 0.15) is 0 Å². The number of carbonyl (C=O) groups is 2. The summed E-state index contributed by atoms with van der Waals surface area (Å²) in [6, 6.07) is 9.40. The standard InChI is InChI=1S/C21H21N5O2/c1-13(2)26-20-15(11-23-26)10-16(12-22-20)24-19(27)8-9-25-14(3)17-6-4-5-7-18(17)21(25)28/h4-7,10-13H,3,8-9H2,1-2H3,(H,24,27). The first-order chi connectivity index (χ1) is 13.5. The Labute approximate surface area is 162 Å². The first-order valence-electron chi connectivity index (χ1n) is 9.19. The lowest BCUT2D eigenvalue weighted by atomic mass is 10.1. The molecule has 0 saturated carbocycles. The van der Waals surface area contributed by atoms with E-state index in [-0.39, 0.29) is 30.8 Å². The van der Waals surface area contributed by atoms with Gasteiger partial charge in [-0.15, -0.1) is 0 Å². The van der Waals surface area contributed by atoms with Crippen LogP contribution in [-0.4, -0.2) is 38.0 Å². The lowest BCUT2D eigenvalue weighted by molar-refractivity contribution is -0.116. The summed E-state index contributed by atoms with van der Waals surface area (Å²) in [5.41, 5.74) is 3.48. The molecule has 0 spiro atoms. The molecule has 7 heteroatoms. The highest BCUT2D eigenvalue weighted by atomic mass is 16.2. The van der Waals surface area contributed by atoms with Crippen molar-refractivity contribution in [3.63, 3.8) is 0 Å². The molecule has 0 aliphatic carbocycles. The van der Waals surface area contributed by atoms with Gasteiger partial charge in [0, 0.05) is 41.2 Å². The fourth-order valence-corrected chi connectivity index (χ4v) is 3.39. The van der Waals surface area contributed by atoms with Gasteiger partial charge in [0.05, 0.1) is 18.1 Å². The Balaban J connectivity index is 1.41. The van der Waals surface area contributed by atoms with Crippen molar-refractivity contribution in [3.8, 4) is 0 Å². The summed E-state index contributed by atoms with van der Waals surface area (Å²) in [6.07, 6.45) is 3.53. The highest BCUT2D eigenvalue weighted by molar-refractivity contribution is 6.09. The lowest BCUT2D eigenvalue weighted by Crippen LogP contribution is -2.27. The van der Waals surface area contributed by atoms with Crippen LogP contribution in [0.2, 0.25) is 0 Å². The van der Waals surface area contributed by atoms with E-state index in [0.717, 1.165) is 16.6 Å². The van der Waals surface area contributed by atoms with Crippen LogP contribution in [0.15, 0.2) is 49.3 Å². The van der Waals surface area contributed by atoms with Gasteiger partial charge in [-0.25, -0.2) is 9.67 Å². The molecule has 1 aliphatic heterocycles. The number of nitrogens with zero attached hydrogens (tertiary/aromatic N) is 4. The van der Waals surface area contributed by atoms with E-state index < -0.39 is 0 Å². The molecule has 3 aromatic rings. The molecule has 1 aromatic carbocycles. The number of anilines is 1. The molecule has 0 atom stereocenters. The first kappa shape index (κ1) is 17.9. The molecule has 3 heterocycles. The highest BCUT2D eigenvalue weighted by Crippen LogP contribution is 2.31. The first-order valence-corrected chi connectivity index (χ1v) is 9.19. The Morgan fingerprint density at radius 2 is 1.96 bits per heavy atom. The summed E-state index contributed by atoms with van der Waals surface area (Å²) < 4.78 is 1.84. The van der Waals surface area contributed by atoms with Crippen LogP contribution in [0, 0.1) is 0 Å². The number of rotatable bonds is 5.